The zero-order chi connectivity index (χ0) is 20.4. The van der Waals surface area contributed by atoms with Crippen molar-refractivity contribution in [1.29, 1.82) is 0 Å². The van der Waals surface area contributed by atoms with Gasteiger partial charge in [0, 0.05) is 30.2 Å². The highest BCUT2D eigenvalue weighted by molar-refractivity contribution is 6.33. The van der Waals surface area contributed by atoms with Crippen LogP contribution in [0.4, 0.5) is 0 Å². The van der Waals surface area contributed by atoms with Gasteiger partial charge >= 0.3 is 0 Å². The van der Waals surface area contributed by atoms with Crippen LogP contribution < -0.4 is 16.0 Å². The summed E-state index contributed by atoms with van der Waals surface area (Å²) in [7, 11) is 0. The van der Waals surface area contributed by atoms with E-state index in [4.69, 9.17) is 22.1 Å². The zero-order valence-corrected chi connectivity index (χ0v) is 17.2. The largest absolute Gasteiger partial charge is 0.490 e. The van der Waals surface area contributed by atoms with Crippen molar-refractivity contribution in [3.63, 3.8) is 0 Å². The van der Waals surface area contributed by atoms with Gasteiger partial charge in [0.05, 0.1) is 28.2 Å². The first-order valence-corrected chi connectivity index (χ1v) is 9.81. The molecule has 0 bridgehead atoms. The Hall–Kier alpha value is -2.15. The molecule has 7 heteroatoms. The van der Waals surface area contributed by atoms with E-state index in [1.165, 1.54) is 0 Å². The van der Waals surface area contributed by atoms with E-state index in [1.54, 1.807) is 29.8 Å². The first-order chi connectivity index (χ1) is 13.3. The predicted octanol–water partition coefficient (Wildman–Crippen LogP) is 3.26. The summed E-state index contributed by atoms with van der Waals surface area (Å²) < 4.78 is 7.41. The molecule has 1 aromatic carbocycles. The van der Waals surface area contributed by atoms with Crippen LogP contribution in [-0.2, 0) is 6.54 Å². The number of aliphatic hydroxyl groups is 1. The van der Waals surface area contributed by atoms with Crippen LogP contribution in [0.15, 0.2) is 29.2 Å². The smallest absolute Gasteiger partial charge is 0.260 e. The number of aromatic nitrogens is 2. The number of hydrogen-bond donors (Lipinski definition) is 2. The van der Waals surface area contributed by atoms with E-state index in [1.807, 2.05) is 6.07 Å². The maximum Gasteiger partial charge on any atom is 0.260 e. The Morgan fingerprint density at radius 2 is 2.07 bits per heavy atom. The van der Waals surface area contributed by atoms with Crippen molar-refractivity contribution in [3.05, 3.63) is 45.5 Å². The normalized spacial score (nSPS) is 12.8. The molecule has 0 spiro atoms. The van der Waals surface area contributed by atoms with Gasteiger partial charge in [-0.1, -0.05) is 25.4 Å². The number of aryl methyl sites for hydroxylation is 1. The minimum atomic E-state index is -0.188. The third-order valence-electron chi connectivity index (χ3n) is 4.78. The third-order valence-corrected chi connectivity index (χ3v) is 5.08. The standard InChI is InChI=1S/C21H26ClN3O3/c1-12(2)8-14(23)11-28-19-10-18-16(9-17(19)22)15-4-5-24-13(3)20(15)21(27)25(18)6-7-26/h4-5,9-10,12,14,26H,6-8,11,23H2,1-3H3/t14-/m0/s1. The molecule has 0 radical (unpaired) electrons. The molecule has 3 rings (SSSR count). The average Bonchev–Trinajstić information content (AvgIpc) is 2.63. The lowest BCUT2D eigenvalue weighted by molar-refractivity contribution is 0.270. The van der Waals surface area contributed by atoms with Gasteiger partial charge in [-0.2, -0.15) is 0 Å². The van der Waals surface area contributed by atoms with Crippen LogP contribution in [-0.4, -0.2) is 33.9 Å². The molecule has 3 aromatic rings. The number of nitrogens with two attached hydrogens (primary N) is 1. The van der Waals surface area contributed by atoms with E-state index >= 15 is 0 Å². The monoisotopic (exact) mass is 403 g/mol. The molecule has 0 amide bonds. The summed E-state index contributed by atoms with van der Waals surface area (Å²) in [6, 6.07) is 5.27. The number of fused-ring (bicyclic) bond motifs is 3. The molecule has 0 saturated heterocycles. The quantitative estimate of drug-likeness (QED) is 0.591. The molecule has 6 nitrogen and oxygen atoms in total. The minimum absolute atomic E-state index is 0.100. The molecular weight excluding hydrogens is 378 g/mol. The van der Waals surface area contributed by atoms with Gasteiger partial charge in [-0.05, 0) is 36.8 Å². The maximum atomic E-state index is 13.1. The van der Waals surface area contributed by atoms with Crippen LogP contribution in [0.2, 0.25) is 5.02 Å². The molecule has 150 valence electrons. The Bertz CT molecular complexity index is 1060. The molecule has 3 N–H and O–H groups in total. The third kappa shape index (κ3) is 3.99. The summed E-state index contributed by atoms with van der Waals surface area (Å²) >= 11 is 6.48. The van der Waals surface area contributed by atoms with Crippen molar-refractivity contribution in [2.24, 2.45) is 11.7 Å². The van der Waals surface area contributed by atoms with Crippen molar-refractivity contribution < 1.29 is 9.84 Å². The fourth-order valence-corrected chi connectivity index (χ4v) is 3.81. The van der Waals surface area contributed by atoms with Gasteiger partial charge in [-0.3, -0.25) is 9.78 Å². The zero-order valence-electron chi connectivity index (χ0n) is 16.4. The molecule has 0 fully saturated rings. The van der Waals surface area contributed by atoms with Gasteiger partial charge in [0.25, 0.3) is 5.56 Å². The average molecular weight is 404 g/mol. The highest BCUT2D eigenvalue weighted by Gasteiger charge is 2.16. The van der Waals surface area contributed by atoms with Crippen molar-refractivity contribution in [2.45, 2.75) is 39.8 Å². The lowest BCUT2D eigenvalue weighted by atomic mass is 10.0. The molecule has 0 unspecified atom stereocenters. The molecule has 0 saturated carbocycles. The minimum Gasteiger partial charge on any atom is -0.490 e. The summed E-state index contributed by atoms with van der Waals surface area (Å²) in [4.78, 5) is 17.3. The molecule has 0 aliphatic carbocycles. The van der Waals surface area contributed by atoms with E-state index in [0.29, 0.717) is 39.9 Å². The number of pyridine rings is 2. The van der Waals surface area contributed by atoms with Crippen LogP contribution >= 0.6 is 11.6 Å². The highest BCUT2D eigenvalue weighted by atomic mass is 35.5. The predicted molar refractivity (Wildman–Crippen MR) is 113 cm³/mol. The van der Waals surface area contributed by atoms with Crippen LogP contribution in [0, 0.1) is 12.8 Å². The van der Waals surface area contributed by atoms with E-state index < -0.39 is 0 Å². The Kier molecular flexibility index (Phi) is 6.23. The van der Waals surface area contributed by atoms with Gasteiger partial charge in [-0.15, -0.1) is 0 Å². The Labute approximate surface area is 168 Å². The number of rotatable bonds is 7. The van der Waals surface area contributed by atoms with E-state index in [9.17, 15) is 9.90 Å². The van der Waals surface area contributed by atoms with Crippen molar-refractivity contribution >= 4 is 33.3 Å². The molecule has 2 aromatic heterocycles. The molecule has 1 atom stereocenters. The lowest BCUT2D eigenvalue weighted by Gasteiger charge is -2.18. The van der Waals surface area contributed by atoms with Crippen LogP contribution in [0.1, 0.15) is 26.0 Å². The van der Waals surface area contributed by atoms with Crippen LogP contribution in [0.5, 0.6) is 5.75 Å². The summed E-state index contributed by atoms with van der Waals surface area (Å²) in [5.74, 6) is 0.952. The number of nitrogens with zero attached hydrogens (tertiary/aromatic N) is 2. The second-order valence-corrected chi connectivity index (χ2v) is 7.91. The van der Waals surface area contributed by atoms with Crippen molar-refractivity contribution in [2.75, 3.05) is 13.2 Å². The molecule has 0 aliphatic rings. The summed E-state index contributed by atoms with van der Waals surface area (Å²) in [5.41, 5.74) is 7.23. The summed E-state index contributed by atoms with van der Waals surface area (Å²) in [6.45, 7) is 6.38. The highest BCUT2D eigenvalue weighted by Crippen LogP contribution is 2.33. The van der Waals surface area contributed by atoms with Gasteiger partial charge in [0.2, 0.25) is 0 Å². The topological polar surface area (TPSA) is 90.4 Å². The Morgan fingerprint density at radius 1 is 1.32 bits per heavy atom. The SMILES string of the molecule is Cc1nccc2c1c(=O)n(CCO)c1cc(OC[C@@H](N)CC(C)C)c(Cl)cc21. The number of ether oxygens (including phenoxy) is 1. The maximum absolute atomic E-state index is 13.1. The number of benzene rings is 1. The molecular formula is C21H26ClN3O3. The first-order valence-electron chi connectivity index (χ1n) is 9.44. The van der Waals surface area contributed by atoms with Gasteiger partial charge < -0.3 is 20.1 Å². The fraction of sp³-hybridized carbons (Fsp3) is 0.429. The van der Waals surface area contributed by atoms with E-state index in [2.05, 4.69) is 18.8 Å². The Morgan fingerprint density at radius 3 is 2.75 bits per heavy atom. The lowest BCUT2D eigenvalue weighted by Crippen LogP contribution is -2.29. The van der Waals surface area contributed by atoms with Gasteiger partial charge in [0.1, 0.15) is 12.4 Å². The van der Waals surface area contributed by atoms with E-state index in [0.717, 1.165) is 17.2 Å². The molecule has 28 heavy (non-hydrogen) atoms. The Balaban J connectivity index is 2.15. The fourth-order valence-electron chi connectivity index (χ4n) is 3.59. The van der Waals surface area contributed by atoms with Gasteiger partial charge in [0.15, 0.2) is 0 Å². The second-order valence-electron chi connectivity index (χ2n) is 7.50. The van der Waals surface area contributed by atoms with Crippen molar-refractivity contribution in [1.82, 2.24) is 9.55 Å². The second kappa shape index (κ2) is 8.47. The van der Waals surface area contributed by atoms with Gasteiger partial charge in [-0.25, -0.2) is 0 Å². The first kappa shape index (κ1) is 20.6. The summed E-state index contributed by atoms with van der Waals surface area (Å²) in [6.07, 6.45) is 2.52. The number of hydrogen-bond acceptors (Lipinski definition) is 5. The van der Waals surface area contributed by atoms with Crippen molar-refractivity contribution in [3.8, 4) is 5.75 Å². The number of halogens is 1. The van der Waals surface area contributed by atoms with Crippen LogP contribution in [0.25, 0.3) is 21.7 Å². The molecule has 2 heterocycles. The number of aliphatic hydroxyl groups excluding tert-OH is 1. The molecule has 0 aliphatic heterocycles. The summed E-state index contributed by atoms with van der Waals surface area (Å²) in [5, 5.41) is 12.1. The van der Waals surface area contributed by atoms with Crippen LogP contribution in [0.3, 0.4) is 0 Å². The van der Waals surface area contributed by atoms with E-state index in [-0.39, 0.29) is 24.8 Å².